The van der Waals surface area contributed by atoms with E-state index in [1.54, 1.807) is 74.9 Å². The number of thiophene rings is 2. The quantitative estimate of drug-likeness (QED) is 0.163. The van der Waals surface area contributed by atoms with Gasteiger partial charge in [0.25, 0.3) is 0 Å². The number of fused-ring (bicyclic) bond motifs is 2. The van der Waals surface area contributed by atoms with E-state index in [4.69, 9.17) is 9.47 Å². The number of alkyl halides is 6. The van der Waals surface area contributed by atoms with E-state index < -0.39 is 28.9 Å². The minimum Gasteiger partial charge on any atom is -0.497 e. The van der Waals surface area contributed by atoms with Crippen LogP contribution >= 0.6 is 22.7 Å². The molecule has 0 saturated heterocycles. The van der Waals surface area contributed by atoms with Gasteiger partial charge < -0.3 is 9.47 Å². The Morgan fingerprint density at radius 1 is 0.489 bits per heavy atom. The Kier molecular flexibility index (Phi) is 7.25. The van der Waals surface area contributed by atoms with E-state index in [1.807, 2.05) is 24.3 Å². The molecule has 10 heteroatoms. The number of halogens is 6. The minimum atomic E-state index is -5.64. The van der Waals surface area contributed by atoms with Crippen LogP contribution in [0.2, 0.25) is 0 Å². The molecule has 47 heavy (non-hydrogen) atoms. The third-order valence-electron chi connectivity index (χ3n) is 8.84. The van der Waals surface area contributed by atoms with Gasteiger partial charge in [-0.25, -0.2) is 0 Å². The third kappa shape index (κ3) is 4.59. The molecular weight excluding hydrogens is 655 g/mol. The molecule has 0 aliphatic heterocycles. The average molecular weight is 681 g/mol. The van der Waals surface area contributed by atoms with Gasteiger partial charge in [0.1, 0.15) is 11.5 Å². The number of hydrogen-bond donors (Lipinski definition) is 0. The van der Waals surface area contributed by atoms with Crippen LogP contribution in [-0.2, 0) is 0 Å². The van der Waals surface area contributed by atoms with Gasteiger partial charge in [0.05, 0.1) is 25.4 Å². The second kappa shape index (κ2) is 10.9. The number of rotatable bonds is 6. The van der Waals surface area contributed by atoms with Crippen LogP contribution < -0.4 is 9.47 Å². The van der Waals surface area contributed by atoms with Crippen molar-refractivity contribution in [3.63, 3.8) is 0 Å². The van der Waals surface area contributed by atoms with Gasteiger partial charge in [-0.3, -0.25) is 0 Å². The Morgan fingerprint density at radius 3 is 1.17 bits per heavy atom. The van der Waals surface area contributed by atoms with E-state index in [9.17, 15) is 0 Å². The fourth-order valence-electron chi connectivity index (χ4n) is 6.19. The molecule has 0 N–H and O–H groups in total. The Morgan fingerprint density at radius 2 is 0.830 bits per heavy atom. The molecule has 0 radical (unpaired) electrons. The summed E-state index contributed by atoms with van der Waals surface area (Å²) in [5.74, 6) is -14.6. The maximum Gasteiger partial charge on any atom is 0.380 e. The lowest BCUT2D eigenvalue weighted by atomic mass is 9.97. The van der Waals surface area contributed by atoms with Crippen molar-refractivity contribution in [3.05, 3.63) is 106 Å². The molecule has 0 amide bonds. The first-order valence-corrected chi connectivity index (χ1v) is 16.2. The van der Waals surface area contributed by atoms with Gasteiger partial charge in [-0.1, -0.05) is 48.5 Å². The monoisotopic (exact) mass is 680 g/mol. The van der Waals surface area contributed by atoms with E-state index in [1.165, 1.54) is 13.8 Å². The summed E-state index contributed by atoms with van der Waals surface area (Å²) in [7, 11) is 3.10. The topological polar surface area (TPSA) is 18.5 Å². The highest BCUT2D eigenvalue weighted by Crippen LogP contribution is 2.67. The van der Waals surface area contributed by atoms with Crippen molar-refractivity contribution in [2.24, 2.45) is 0 Å². The summed E-state index contributed by atoms with van der Waals surface area (Å²) in [5.41, 5.74) is 0.997. The summed E-state index contributed by atoms with van der Waals surface area (Å²) < 4.78 is 105. The van der Waals surface area contributed by atoms with Crippen LogP contribution in [0.3, 0.4) is 0 Å². The first kappa shape index (κ1) is 31.3. The van der Waals surface area contributed by atoms with Crippen LogP contribution in [0.25, 0.3) is 53.6 Å². The van der Waals surface area contributed by atoms with E-state index in [0.717, 1.165) is 44.9 Å². The highest BCUT2D eigenvalue weighted by Gasteiger charge is 2.80. The average Bonchev–Trinajstić information content (AvgIpc) is 3.60. The number of hydrogen-bond acceptors (Lipinski definition) is 4. The highest BCUT2D eigenvalue weighted by atomic mass is 32.1. The predicted octanol–water partition coefficient (Wildman–Crippen LogP) is 11.9. The lowest BCUT2D eigenvalue weighted by Gasteiger charge is -2.25. The molecule has 4 aromatic carbocycles. The molecule has 0 bridgehead atoms. The summed E-state index contributed by atoms with van der Waals surface area (Å²) in [4.78, 5) is -0.556. The van der Waals surface area contributed by atoms with Gasteiger partial charge in [0.2, 0.25) is 0 Å². The van der Waals surface area contributed by atoms with Crippen molar-refractivity contribution in [3.8, 4) is 33.8 Å². The zero-order valence-electron chi connectivity index (χ0n) is 25.5. The maximum atomic E-state index is 15.9. The second-order valence-electron chi connectivity index (χ2n) is 11.5. The molecule has 7 rings (SSSR count). The summed E-state index contributed by atoms with van der Waals surface area (Å²) in [6, 6.07) is 24.9. The van der Waals surface area contributed by atoms with Crippen molar-refractivity contribution >= 4 is 54.0 Å². The van der Waals surface area contributed by atoms with Crippen LogP contribution in [-0.4, -0.2) is 32.0 Å². The fraction of sp³-hybridized carbons (Fsp3) is 0.189. The molecule has 0 atom stereocenters. The van der Waals surface area contributed by atoms with E-state index in [-0.39, 0.29) is 20.9 Å². The Labute approximate surface area is 274 Å². The van der Waals surface area contributed by atoms with E-state index >= 15 is 26.3 Å². The molecule has 0 unspecified atom stereocenters. The third-order valence-corrected chi connectivity index (χ3v) is 11.4. The van der Waals surface area contributed by atoms with Crippen molar-refractivity contribution in [2.45, 2.75) is 31.6 Å². The lowest BCUT2D eigenvalue weighted by molar-refractivity contribution is -0.254. The standard InChI is InChI=1S/C37H26F6O2S2/c1-19-27-15-9-23(21-5-11-25(44-3)12-6-21)17-29(27)46-33(19)31-32(36(40,41)37(42,43)35(31,38)39)34-20(2)28-16-10-24(18-30(28)47-34)22-7-13-26(45-4)14-8-22/h5-18H,1-4H3. The molecule has 6 aromatic rings. The molecule has 0 fully saturated rings. The van der Waals surface area contributed by atoms with Crippen molar-refractivity contribution < 1.29 is 35.8 Å². The molecule has 2 aromatic heterocycles. The fourth-order valence-corrected chi connectivity index (χ4v) is 8.86. The lowest BCUT2D eigenvalue weighted by Crippen LogP contribution is -2.48. The van der Waals surface area contributed by atoms with Gasteiger partial charge in [0, 0.05) is 19.2 Å². The number of allylic oxidation sites excluding steroid dienone is 2. The largest absolute Gasteiger partial charge is 0.497 e. The minimum absolute atomic E-state index is 0.243. The van der Waals surface area contributed by atoms with Crippen molar-refractivity contribution in [2.75, 3.05) is 14.2 Å². The highest BCUT2D eigenvalue weighted by molar-refractivity contribution is 7.21. The van der Waals surface area contributed by atoms with Gasteiger partial charge in [-0.05, 0) is 94.4 Å². The summed E-state index contributed by atoms with van der Waals surface area (Å²) in [6.45, 7) is 3.02. The zero-order chi connectivity index (χ0) is 33.5. The Balaban J connectivity index is 1.43. The van der Waals surface area contributed by atoms with Crippen LogP contribution in [0, 0.1) is 13.8 Å². The summed E-state index contributed by atoms with van der Waals surface area (Å²) in [5, 5.41) is 1.06. The summed E-state index contributed by atoms with van der Waals surface area (Å²) >= 11 is 1.64. The normalized spacial score (nSPS) is 16.7. The molecule has 0 saturated carbocycles. The number of aryl methyl sites for hydroxylation is 2. The SMILES string of the molecule is COc1ccc(-c2ccc3c(C)c(C4=C(c5sc6cc(-c7ccc(OC)cc7)ccc6c5C)C(F)(F)C(F)(F)C4(F)F)sc3c2)cc1. The molecule has 240 valence electrons. The number of ether oxygens (including phenoxy) is 2. The van der Waals surface area contributed by atoms with Crippen LogP contribution in [0.4, 0.5) is 26.3 Å². The molecule has 2 heterocycles. The molecule has 0 spiro atoms. The number of methoxy groups -OCH3 is 2. The zero-order valence-corrected chi connectivity index (χ0v) is 27.1. The van der Waals surface area contributed by atoms with Gasteiger partial charge in [-0.2, -0.15) is 26.3 Å². The molecular formula is C37H26F6O2S2. The smallest absolute Gasteiger partial charge is 0.380 e. The van der Waals surface area contributed by atoms with Crippen LogP contribution in [0.15, 0.2) is 84.9 Å². The van der Waals surface area contributed by atoms with Gasteiger partial charge in [0.15, 0.2) is 0 Å². The molecule has 1 aliphatic rings. The summed E-state index contributed by atoms with van der Waals surface area (Å²) in [6.07, 6.45) is 0. The first-order chi connectivity index (χ1) is 22.3. The first-order valence-electron chi connectivity index (χ1n) is 14.5. The maximum absolute atomic E-state index is 15.9. The number of benzene rings is 4. The van der Waals surface area contributed by atoms with Crippen molar-refractivity contribution in [1.82, 2.24) is 0 Å². The van der Waals surface area contributed by atoms with Crippen molar-refractivity contribution in [1.29, 1.82) is 0 Å². The Hall–Kier alpha value is -4.28. The second-order valence-corrected chi connectivity index (χ2v) is 13.6. The predicted molar refractivity (Wildman–Crippen MR) is 179 cm³/mol. The molecule has 1 aliphatic carbocycles. The molecule has 2 nitrogen and oxygen atoms in total. The van der Waals surface area contributed by atoms with Gasteiger partial charge in [-0.15, -0.1) is 22.7 Å². The van der Waals surface area contributed by atoms with Gasteiger partial charge >= 0.3 is 17.8 Å². The van der Waals surface area contributed by atoms with Crippen LogP contribution in [0.1, 0.15) is 20.9 Å². The van der Waals surface area contributed by atoms with Crippen LogP contribution in [0.5, 0.6) is 11.5 Å². The van der Waals surface area contributed by atoms with E-state index in [2.05, 4.69) is 0 Å². The Bertz CT molecular complexity index is 2050. The van der Waals surface area contributed by atoms with E-state index in [0.29, 0.717) is 31.7 Å².